The zero-order valence-corrected chi connectivity index (χ0v) is 16.0. The number of rotatable bonds is 8. The minimum absolute atomic E-state index is 0.0621. The first kappa shape index (κ1) is 19.2. The van der Waals surface area contributed by atoms with Gasteiger partial charge in [-0.1, -0.05) is 11.6 Å². The second kappa shape index (κ2) is 9.41. The van der Waals surface area contributed by atoms with Crippen LogP contribution in [0, 0.1) is 6.92 Å². The number of benzene rings is 1. The first-order valence-electron chi connectivity index (χ1n) is 8.99. The highest BCUT2D eigenvalue weighted by molar-refractivity contribution is 6.30. The standard InChI is InChI=1S/C19H23ClN4O3/c1-14-22-17(24-9-2-3-10-24)12-19(23-14)26-11-8-21-18(25)13-27-16-6-4-15(20)5-7-16/h4-7,12H,2-3,8-11,13H2,1H3,(H,21,25). The normalized spacial score (nSPS) is 13.5. The van der Waals surface area contributed by atoms with Gasteiger partial charge >= 0.3 is 0 Å². The Kier molecular flexibility index (Phi) is 6.70. The van der Waals surface area contributed by atoms with Crippen LogP contribution in [0.2, 0.25) is 5.02 Å². The minimum atomic E-state index is -0.217. The second-order valence-electron chi connectivity index (χ2n) is 6.25. The first-order chi connectivity index (χ1) is 13.1. The van der Waals surface area contributed by atoms with Gasteiger partial charge in [-0.25, -0.2) is 4.98 Å². The molecule has 1 aliphatic heterocycles. The molecule has 0 saturated carbocycles. The fourth-order valence-electron chi connectivity index (χ4n) is 2.78. The Morgan fingerprint density at radius 1 is 1.19 bits per heavy atom. The maximum Gasteiger partial charge on any atom is 0.258 e. The van der Waals surface area contributed by atoms with Crippen molar-refractivity contribution in [1.82, 2.24) is 15.3 Å². The van der Waals surface area contributed by atoms with E-state index in [0.717, 1.165) is 18.9 Å². The van der Waals surface area contributed by atoms with E-state index in [2.05, 4.69) is 20.2 Å². The molecule has 1 aliphatic rings. The number of halogens is 1. The van der Waals surface area contributed by atoms with Crippen molar-refractivity contribution in [2.45, 2.75) is 19.8 Å². The van der Waals surface area contributed by atoms with Crippen LogP contribution in [0.15, 0.2) is 30.3 Å². The molecule has 0 bridgehead atoms. The van der Waals surface area contributed by atoms with E-state index in [1.54, 1.807) is 24.3 Å². The van der Waals surface area contributed by atoms with Crippen LogP contribution < -0.4 is 19.7 Å². The molecule has 0 unspecified atom stereocenters. The van der Waals surface area contributed by atoms with Crippen LogP contribution in [0.4, 0.5) is 5.82 Å². The molecule has 1 saturated heterocycles. The van der Waals surface area contributed by atoms with E-state index >= 15 is 0 Å². The van der Waals surface area contributed by atoms with Crippen molar-refractivity contribution >= 4 is 23.3 Å². The van der Waals surface area contributed by atoms with Gasteiger partial charge in [0.05, 0.1) is 6.54 Å². The maximum absolute atomic E-state index is 11.8. The molecule has 2 aromatic rings. The first-order valence-corrected chi connectivity index (χ1v) is 9.36. The van der Waals surface area contributed by atoms with Crippen LogP contribution in [-0.2, 0) is 4.79 Å². The highest BCUT2D eigenvalue weighted by Crippen LogP contribution is 2.21. The van der Waals surface area contributed by atoms with Gasteiger partial charge in [0.2, 0.25) is 5.88 Å². The third kappa shape index (κ3) is 5.99. The molecule has 8 heteroatoms. The number of aryl methyl sites for hydroxylation is 1. The van der Waals surface area contributed by atoms with Gasteiger partial charge in [-0.3, -0.25) is 4.79 Å². The SMILES string of the molecule is Cc1nc(OCCNC(=O)COc2ccc(Cl)cc2)cc(N2CCCC2)n1. The van der Waals surface area contributed by atoms with Crippen molar-refractivity contribution in [2.24, 2.45) is 0 Å². The number of anilines is 1. The summed E-state index contributed by atoms with van der Waals surface area (Å²) in [4.78, 5) is 22.8. The monoisotopic (exact) mass is 390 g/mol. The quantitative estimate of drug-likeness (QED) is 0.698. The van der Waals surface area contributed by atoms with Gasteiger partial charge in [-0.2, -0.15) is 4.98 Å². The highest BCUT2D eigenvalue weighted by Gasteiger charge is 2.15. The number of carbonyl (C=O) groups is 1. The lowest BCUT2D eigenvalue weighted by molar-refractivity contribution is -0.123. The number of carbonyl (C=O) groups excluding carboxylic acids is 1. The van der Waals surface area contributed by atoms with Gasteiger partial charge in [0.1, 0.15) is 24.0 Å². The molecule has 1 aromatic carbocycles. The predicted molar refractivity (Wildman–Crippen MR) is 104 cm³/mol. The summed E-state index contributed by atoms with van der Waals surface area (Å²) in [5, 5.41) is 3.37. The summed E-state index contributed by atoms with van der Waals surface area (Å²) in [5.41, 5.74) is 0. The summed E-state index contributed by atoms with van der Waals surface area (Å²) in [6.07, 6.45) is 2.37. The van der Waals surface area contributed by atoms with Crippen LogP contribution in [0.3, 0.4) is 0 Å². The summed E-state index contributed by atoms with van der Waals surface area (Å²) in [7, 11) is 0. The van der Waals surface area contributed by atoms with Gasteiger partial charge in [-0.05, 0) is 44.0 Å². The predicted octanol–water partition coefficient (Wildman–Crippen LogP) is 2.61. The number of nitrogens with one attached hydrogen (secondary N) is 1. The molecule has 1 aromatic heterocycles. The summed E-state index contributed by atoms with van der Waals surface area (Å²) in [6, 6.07) is 8.71. The minimum Gasteiger partial charge on any atom is -0.484 e. The number of hydrogen-bond donors (Lipinski definition) is 1. The zero-order chi connectivity index (χ0) is 19.1. The number of ether oxygens (including phenoxy) is 2. The van der Waals surface area contributed by atoms with Crippen LogP contribution >= 0.6 is 11.6 Å². The Morgan fingerprint density at radius 2 is 1.93 bits per heavy atom. The van der Waals surface area contributed by atoms with E-state index < -0.39 is 0 Å². The zero-order valence-electron chi connectivity index (χ0n) is 15.3. The van der Waals surface area contributed by atoms with Gasteiger partial charge in [0.25, 0.3) is 5.91 Å². The molecule has 1 amide bonds. The molecule has 7 nitrogen and oxygen atoms in total. The molecule has 144 valence electrons. The maximum atomic E-state index is 11.8. The highest BCUT2D eigenvalue weighted by atomic mass is 35.5. The average Bonchev–Trinajstić information content (AvgIpc) is 3.19. The lowest BCUT2D eigenvalue weighted by atomic mass is 10.3. The Labute approximate surface area is 163 Å². The van der Waals surface area contributed by atoms with Gasteiger partial charge < -0.3 is 19.7 Å². The Hall–Kier alpha value is -2.54. The van der Waals surface area contributed by atoms with Crippen molar-refractivity contribution in [3.8, 4) is 11.6 Å². The fourth-order valence-corrected chi connectivity index (χ4v) is 2.91. The molecule has 1 N–H and O–H groups in total. The van der Waals surface area contributed by atoms with E-state index in [0.29, 0.717) is 35.6 Å². The lowest BCUT2D eigenvalue weighted by Crippen LogP contribution is -2.32. The van der Waals surface area contributed by atoms with Crippen LogP contribution in [-0.4, -0.2) is 48.7 Å². The molecule has 3 rings (SSSR count). The third-order valence-electron chi connectivity index (χ3n) is 4.09. The number of nitrogens with zero attached hydrogens (tertiary/aromatic N) is 3. The Morgan fingerprint density at radius 3 is 2.67 bits per heavy atom. The largest absolute Gasteiger partial charge is 0.484 e. The number of amides is 1. The smallest absolute Gasteiger partial charge is 0.258 e. The molecular formula is C19H23ClN4O3. The van der Waals surface area contributed by atoms with E-state index in [4.69, 9.17) is 21.1 Å². The van der Waals surface area contributed by atoms with Crippen molar-refractivity contribution in [1.29, 1.82) is 0 Å². The van der Waals surface area contributed by atoms with Crippen LogP contribution in [0.5, 0.6) is 11.6 Å². The molecule has 1 fully saturated rings. The van der Waals surface area contributed by atoms with Crippen molar-refractivity contribution in [2.75, 3.05) is 37.7 Å². The Balaban J connectivity index is 1.39. The van der Waals surface area contributed by atoms with Crippen molar-refractivity contribution < 1.29 is 14.3 Å². The van der Waals surface area contributed by atoms with Crippen molar-refractivity contribution in [3.63, 3.8) is 0 Å². The molecule has 0 radical (unpaired) electrons. The van der Waals surface area contributed by atoms with Gasteiger partial charge in [0.15, 0.2) is 6.61 Å². The summed E-state index contributed by atoms with van der Waals surface area (Å²) in [5.74, 6) is 2.48. The summed E-state index contributed by atoms with van der Waals surface area (Å²) < 4.78 is 11.1. The molecule has 27 heavy (non-hydrogen) atoms. The van der Waals surface area contributed by atoms with Gasteiger partial charge in [0, 0.05) is 24.2 Å². The van der Waals surface area contributed by atoms with E-state index in [-0.39, 0.29) is 12.5 Å². The van der Waals surface area contributed by atoms with E-state index in [1.807, 2.05) is 13.0 Å². The number of aromatic nitrogens is 2. The number of hydrogen-bond acceptors (Lipinski definition) is 6. The lowest BCUT2D eigenvalue weighted by Gasteiger charge is -2.17. The topological polar surface area (TPSA) is 76.6 Å². The van der Waals surface area contributed by atoms with Gasteiger partial charge in [-0.15, -0.1) is 0 Å². The molecular weight excluding hydrogens is 368 g/mol. The Bertz CT molecular complexity index is 764. The molecule has 0 aliphatic carbocycles. The van der Waals surface area contributed by atoms with E-state index in [9.17, 15) is 4.79 Å². The third-order valence-corrected chi connectivity index (χ3v) is 4.34. The van der Waals surface area contributed by atoms with E-state index in [1.165, 1.54) is 12.8 Å². The van der Waals surface area contributed by atoms with Crippen molar-refractivity contribution in [3.05, 3.63) is 41.2 Å². The summed E-state index contributed by atoms with van der Waals surface area (Å²) >= 11 is 5.81. The van der Waals surface area contributed by atoms with Crippen LogP contribution in [0.1, 0.15) is 18.7 Å². The summed E-state index contributed by atoms with van der Waals surface area (Å²) in [6.45, 7) is 4.50. The molecule has 0 atom stereocenters. The molecule has 0 spiro atoms. The molecule has 2 heterocycles. The fraction of sp³-hybridized carbons (Fsp3) is 0.421. The van der Waals surface area contributed by atoms with Crippen LogP contribution in [0.25, 0.3) is 0 Å². The second-order valence-corrected chi connectivity index (χ2v) is 6.68. The average molecular weight is 391 g/mol.